The van der Waals surface area contributed by atoms with E-state index in [1.165, 1.54) is 89.9 Å². The molecule has 59 heavy (non-hydrogen) atoms. The van der Waals surface area contributed by atoms with Crippen LogP contribution in [0.2, 0.25) is 0 Å². The summed E-state index contributed by atoms with van der Waals surface area (Å²) in [6.45, 7) is 3.24. The van der Waals surface area contributed by atoms with Crippen molar-refractivity contribution in [3.63, 3.8) is 0 Å². The van der Waals surface area contributed by atoms with Crippen molar-refractivity contribution in [2.24, 2.45) is 0 Å². The predicted octanol–water partition coefficient (Wildman–Crippen LogP) is 8.61. The van der Waals surface area contributed by atoms with E-state index < -0.39 is 75.7 Å². The normalized spacial score (nSPS) is 22.6. The number of aliphatic hydroxyl groups excluding tert-OH is 5. The quantitative estimate of drug-likeness (QED) is 0.0150. The number of hydrogen-bond acceptors (Lipinski definition) is 12. The number of allylic oxidation sites excluding steroid dienone is 6. The maximum atomic E-state index is 12.8. The van der Waals surface area contributed by atoms with E-state index in [0.29, 0.717) is 19.3 Å². The molecule has 0 amide bonds. The van der Waals surface area contributed by atoms with Crippen molar-refractivity contribution in [3.8, 4) is 0 Å². The molecular formula is C45H81O13P. The van der Waals surface area contributed by atoms with E-state index in [4.69, 9.17) is 18.5 Å². The first kappa shape index (κ1) is 55.1. The first-order valence-electron chi connectivity index (χ1n) is 22.8. The van der Waals surface area contributed by atoms with Gasteiger partial charge in [-0.05, 0) is 44.9 Å². The fourth-order valence-electron chi connectivity index (χ4n) is 6.77. The van der Waals surface area contributed by atoms with Crippen LogP contribution in [0.15, 0.2) is 36.5 Å². The van der Waals surface area contributed by atoms with Crippen LogP contribution in [-0.4, -0.2) is 98.3 Å². The number of carbonyl (C=O) groups is 2. The average molecular weight is 861 g/mol. The van der Waals surface area contributed by atoms with Crippen LogP contribution in [0.5, 0.6) is 0 Å². The van der Waals surface area contributed by atoms with Crippen molar-refractivity contribution in [2.45, 2.75) is 224 Å². The van der Waals surface area contributed by atoms with E-state index in [0.717, 1.165) is 44.9 Å². The molecule has 1 rings (SSSR count). The van der Waals surface area contributed by atoms with E-state index in [1.807, 2.05) is 12.2 Å². The van der Waals surface area contributed by atoms with Crippen molar-refractivity contribution >= 4 is 19.8 Å². The number of ether oxygens (including phenoxy) is 2. The molecule has 0 aromatic heterocycles. The Balaban J connectivity index is 2.50. The zero-order valence-corrected chi connectivity index (χ0v) is 37.2. The van der Waals surface area contributed by atoms with Gasteiger partial charge in [0.25, 0.3) is 0 Å². The molecule has 6 atom stereocenters. The van der Waals surface area contributed by atoms with E-state index in [9.17, 15) is 44.6 Å². The fourth-order valence-corrected chi connectivity index (χ4v) is 7.75. The number of hydrogen-bond donors (Lipinski definition) is 6. The van der Waals surface area contributed by atoms with Crippen LogP contribution >= 0.6 is 7.82 Å². The van der Waals surface area contributed by atoms with Crippen LogP contribution in [0.1, 0.15) is 181 Å². The molecule has 0 aromatic carbocycles. The smallest absolute Gasteiger partial charge is 0.462 e. The van der Waals surface area contributed by atoms with Crippen LogP contribution < -0.4 is 0 Å². The van der Waals surface area contributed by atoms with Crippen molar-refractivity contribution in [2.75, 3.05) is 13.2 Å². The van der Waals surface area contributed by atoms with Gasteiger partial charge in [-0.15, -0.1) is 0 Å². The molecule has 0 bridgehead atoms. The number of esters is 2. The number of rotatable bonds is 37. The summed E-state index contributed by atoms with van der Waals surface area (Å²) in [4.78, 5) is 35.6. The summed E-state index contributed by atoms with van der Waals surface area (Å²) in [5, 5.41) is 50.1. The van der Waals surface area contributed by atoms with Crippen LogP contribution in [-0.2, 0) is 32.7 Å². The molecule has 1 saturated carbocycles. The number of aliphatic hydroxyl groups is 5. The fraction of sp³-hybridized carbons (Fsp3) is 0.822. The lowest BCUT2D eigenvalue weighted by Crippen LogP contribution is -2.64. The number of phosphoric acid groups is 1. The highest BCUT2D eigenvalue weighted by molar-refractivity contribution is 7.47. The molecule has 0 radical (unpaired) electrons. The van der Waals surface area contributed by atoms with E-state index >= 15 is 0 Å². The third-order valence-corrected chi connectivity index (χ3v) is 11.5. The highest BCUT2D eigenvalue weighted by Gasteiger charge is 2.51. The van der Waals surface area contributed by atoms with E-state index in [1.54, 1.807) is 0 Å². The van der Waals surface area contributed by atoms with Crippen LogP contribution in [0, 0.1) is 0 Å². The summed E-state index contributed by atoms with van der Waals surface area (Å²) < 4.78 is 33.4. The minimum absolute atomic E-state index is 0.0888. The summed E-state index contributed by atoms with van der Waals surface area (Å²) in [5.74, 6) is -1.16. The molecule has 344 valence electrons. The zero-order valence-electron chi connectivity index (χ0n) is 36.3. The standard InChI is InChI=1S/C45H81O13P/c1-3-5-7-9-11-13-15-17-18-19-20-22-23-25-27-29-31-33-38(46)55-35-37(36-56-59(53,54)58-45-43(51)41(49)40(48)42(50)44(45)52)57-39(47)34-32-30-28-26-24-21-16-14-12-10-8-6-4-2/h17-18,20,22,25,27,37,40-45,48-52H,3-16,19,21,23-24,26,28-36H2,1-2H3,(H,53,54). The van der Waals surface area contributed by atoms with Gasteiger partial charge < -0.3 is 39.9 Å². The molecular weight excluding hydrogens is 779 g/mol. The van der Waals surface area contributed by atoms with E-state index in [2.05, 4.69) is 38.2 Å². The largest absolute Gasteiger partial charge is 0.472 e. The summed E-state index contributed by atoms with van der Waals surface area (Å²) in [7, 11) is -5.12. The molecule has 13 nitrogen and oxygen atoms in total. The predicted molar refractivity (Wildman–Crippen MR) is 230 cm³/mol. The molecule has 0 aliphatic heterocycles. The highest BCUT2D eigenvalue weighted by atomic mass is 31.2. The van der Waals surface area contributed by atoms with Gasteiger partial charge in [0.05, 0.1) is 6.61 Å². The number of carbonyl (C=O) groups excluding carboxylic acids is 2. The van der Waals surface area contributed by atoms with Gasteiger partial charge in [0.2, 0.25) is 0 Å². The Labute approximate surface area is 355 Å². The lowest BCUT2D eigenvalue weighted by atomic mass is 9.85. The lowest BCUT2D eigenvalue weighted by molar-refractivity contribution is -0.220. The van der Waals surface area contributed by atoms with Gasteiger partial charge in [0, 0.05) is 12.8 Å². The molecule has 0 heterocycles. The maximum absolute atomic E-state index is 12.8. The minimum atomic E-state index is -5.12. The molecule has 0 spiro atoms. The molecule has 1 fully saturated rings. The number of phosphoric ester groups is 1. The van der Waals surface area contributed by atoms with Gasteiger partial charge in [-0.3, -0.25) is 18.6 Å². The van der Waals surface area contributed by atoms with Gasteiger partial charge >= 0.3 is 19.8 Å². The van der Waals surface area contributed by atoms with Crippen LogP contribution in [0.25, 0.3) is 0 Å². The molecule has 6 N–H and O–H groups in total. The van der Waals surface area contributed by atoms with Crippen LogP contribution in [0.3, 0.4) is 0 Å². The second-order valence-corrected chi connectivity index (χ2v) is 17.3. The second kappa shape index (κ2) is 35.6. The summed E-state index contributed by atoms with van der Waals surface area (Å²) in [6.07, 6.45) is 26.4. The maximum Gasteiger partial charge on any atom is 0.472 e. The van der Waals surface area contributed by atoms with Crippen molar-refractivity contribution in [1.29, 1.82) is 0 Å². The molecule has 14 heteroatoms. The molecule has 6 unspecified atom stereocenters. The Morgan fingerprint density at radius 3 is 1.44 bits per heavy atom. The van der Waals surface area contributed by atoms with Crippen molar-refractivity contribution in [1.82, 2.24) is 0 Å². The Morgan fingerprint density at radius 1 is 0.525 bits per heavy atom. The second-order valence-electron chi connectivity index (χ2n) is 15.9. The van der Waals surface area contributed by atoms with Gasteiger partial charge in [-0.25, -0.2) is 4.57 Å². The summed E-state index contributed by atoms with van der Waals surface area (Å²) in [5.41, 5.74) is 0. The third kappa shape index (κ3) is 28.3. The number of unbranched alkanes of at least 4 members (excludes halogenated alkanes) is 19. The Hall–Kier alpha value is -1.93. The lowest BCUT2D eigenvalue weighted by Gasteiger charge is -2.41. The topological polar surface area (TPSA) is 210 Å². The SMILES string of the molecule is CCCCCCCCC=CCC=CCC=CCCCC(=O)OCC(COP(=O)(O)OC1C(O)C(O)C(O)C(O)C1O)OC(=O)CCCCCCCCCCCCCCC. The Bertz CT molecular complexity index is 1180. The first-order chi connectivity index (χ1) is 28.4. The highest BCUT2D eigenvalue weighted by Crippen LogP contribution is 2.47. The Morgan fingerprint density at radius 2 is 0.932 bits per heavy atom. The van der Waals surface area contributed by atoms with Crippen molar-refractivity contribution < 1.29 is 63.1 Å². The summed E-state index contributed by atoms with van der Waals surface area (Å²) >= 11 is 0. The van der Waals surface area contributed by atoms with Crippen LogP contribution in [0.4, 0.5) is 0 Å². The van der Waals surface area contributed by atoms with Gasteiger partial charge in [0.15, 0.2) is 6.10 Å². The molecule has 1 aliphatic carbocycles. The first-order valence-corrected chi connectivity index (χ1v) is 24.3. The molecule has 1 aliphatic rings. The summed E-state index contributed by atoms with van der Waals surface area (Å²) in [6, 6.07) is 0. The molecule has 0 aromatic rings. The monoisotopic (exact) mass is 861 g/mol. The van der Waals surface area contributed by atoms with Crippen molar-refractivity contribution in [3.05, 3.63) is 36.5 Å². The average Bonchev–Trinajstić information content (AvgIpc) is 3.21. The zero-order chi connectivity index (χ0) is 43.6. The third-order valence-electron chi connectivity index (χ3n) is 10.5. The molecule has 0 saturated heterocycles. The van der Waals surface area contributed by atoms with Gasteiger partial charge in [0.1, 0.15) is 43.2 Å². The minimum Gasteiger partial charge on any atom is -0.462 e. The van der Waals surface area contributed by atoms with Gasteiger partial charge in [-0.1, -0.05) is 159 Å². The van der Waals surface area contributed by atoms with Gasteiger partial charge in [-0.2, -0.15) is 0 Å². The van der Waals surface area contributed by atoms with E-state index in [-0.39, 0.29) is 12.8 Å². The Kier molecular flexibility index (Phi) is 33.3.